The van der Waals surface area contributed by atoms with Crippen molar-refractivity contribution in [2.45, 2.75) is 18.2 Å². The van der Waals surface area contributed by atoms with Crippen LogP contribution in [0.4, 0.5) is 5.69 Å². The molecule has 17 heavy (non-hydrogen) atoms. The Hall–Kier alpha value is -1.63. The van der Waals surface area contributed by atoms with E-state index < -0.39 is 0 Å². The van der Waals surface area contributed by atoms with Gasteiger partial charge in [-0.3, -0.25) is 4.79 Å². The van der Waals surface area contributed by atoms with E-state index in [1.807, 2.05) is 6.92 Å². The average molecular weight is 299 g/mol. The van der Waals surface area contributed by atoms with Crippen LogP contribution in [0.1, 0.15) is 13.3 Å². The van der Waals surface area contributed by atoms with Gasteiger partial charge in [0.1, 0.15) is 0 Å². The molecule has 0 bridgehead atoms. The van der Waals surface area contributed by atoms with Crippen molar-refractivity contribution >= 4 is 33.0 Å². The van der Waals surface area contributed by atoms with Gasteiger partial charge in [0.25, 0.3) is 0 Å². The summed E-state index contributed by atoms with van der Waals surface area (Å²) in [6.07, 6.45) is 3.66. The van der Waals surface area contributed by atoms with E-state index in [1.165, 1.54) is 16.9 Å². The van der Waals surface area contributed by atoms with Crippen molar-refractivity contribution in [3.05, 3.63) is 28.9 Å². The minimum Gasteiger partial charge on any atom is -0.322 e. The largest absolute Gasteiger partial charge is 0.346 e. The Bertz CT molecular complexity index is 604. The lowest BCUT2D eigenvalue weighted by atomic mass is 10.3. The van der Waals surface area contributed by atoms with Gasteiger partial charge in [0.15, 0.2) is 0 Å². The Morgan fingerprint density at radius 3 is 3.18 bits per heavy atom. The first-order chi connectivity index (χ1) is 8.13. The standard InChI is InChI=1S/C10H11BrN4O2/c1-2-6(11)9(16)14-7-5-13-15-8(7)3-4-12-10(15)17/h3-6H,2H2,1H3,(H,12,17)(H,14,16)/t6-/m1/s1. The summed E-state index contributed by atoms with van der Waals surface area (Å²) in [6.45, 7) is 1.90. The first-order valence-electron chi connectivity index (χ1n) is 5.14. The van der Waals surface area contributed by atoms with E-state index in [2.05, 4.69) is 31.3 Å². The Labute approximate surface area is 105 Å². The number of nitrogens with zero attached hydrogens (tertiary/aromatic N) is 2. The summed E-state index contributed by atoms with van der Waals surface area (Å²) in [5.41, 5.74) is 0.755. The molecule has 0 saturated carbocycles. The molecular formula is C10H11BrN4O2. The number of amides is 1. The topological polar surface area (TPSA) is 79.3 Å². The number of aromatic nitrogens is 3. The van der Waals surface area contributed by atoms with Gasteiger partial charge in [0.05, 0.1) is 22.2 Å². The summed E-state index contributed by atoms with van der Waals surface area (Å²) in [5.74, 6) is -0.150. The minimum atomic E-state index is -0.339. The number of hydrogen-bond acceptors (Lipinski definition) is 3. The number of H-pyrrole nitrogens is 1. The monoisotopic (exact) mass is 298 g/mol. The summed E-state index contributed by atoms with van der Waals surface area (Å²) in [6, 6.07) is 1.68. The van der Waals surface area contributed by atoms with Crippen LogP contribution in [0, 0.1) is 0 Å². The zero-order valence-corrected chi connectivity index (χ0v) is 10.7. The summed E-state index contributed by atoms with van der Waals surface area (Å²) in [7, 11) is 0. The summed E-state index contributed by atoms with van der Waals surface area (Å²) >= 11 is 3.26. The third kappa shape index (κ3) is 2.23. The Balaban J connectivity index is 2.35. The molecule has 1 amide bonds. The lowest BCUT2D eigenvalue weighted by Crippen LogP contribution is -2.22. The van der Waals surface area contributed by atoms with E-state index in [1.54, 1.807) is 6.07 Å². The molecule has 0 saturated heterocycles. The number of alkyl halides is 1. The van der Waals surface area contributed by atoms with Gasteiger partial charge in [0.2, 0.25) is 5.91 Å². The predicted octanol–water partition coefficient (Wildman–Crippen LogP) is 1.13. The molecule has 7 heteroatoms. The van der Waals surface area contributed by atoms with Gasteiger partial charge < -0.3 is 10.3 Å². The SMILES string of the molecule is CC[C@@H](Br)C(=O)Nc1cnn2c(=O)[nH]ccc12. The number of fused-ring (bicyclic) bond motifs is 1. The number of nitrogens with one attached hydrogen (secondary N) is 2. The normalized spacial score (nSPS) is 12.6. The summed E-state index contributed by atoms with van der Waals surface area (Å²) in [4.78, 5) is 25.3. The van der Waals surface area contributed by atoms with Crippen molar-refractivity contribution in [1.29, 1.82) is 0 Å². The van der Waals surface area contributed by atoms with Crippen LogP contribution in [0.3, 0.4) is 0 Å². The minimum absolute atomic E-state index is 0.150. The molecule has 0 unspecified atom stereocenters. The van der Waals surface area contributed by atoms with E-state index in [0.717, 1.165) is 0 Å². The maximum atomic E-state index is 11.7. The molecule has 0 spiro atoms. The summed E-state index contributed by atoms with van der Waals surface area (Å²) < 4.78 is 1.20. The van der Waals surface area contributed by atoms with Gasteiger partial charge in [-0.25, -0.2) is 4.79 Å². The van der Waals surface area contributed by atoms with E-state index in [4.69, 9.17) is 0 Å². The highest BCUT2D eigenvalue weighted by Crippen LogP contribution is 2.16. The second kappa shape index (κ2) is 4.70. The highest BCUT2D eigenvalue weighted by molar-refractivity contribution is 9.10. The van der Waals surface area contributed by atoms with Crippen LogP contribution >= 0.6 is 15.9 Å². The van der Waals surface area contributed by atoms with Crippen LogP contribution in [0.5, 0.6) is 0 Å². The fourth-order valence-electron chi connectivity index (χ4n) is 1.43. The van der Waals surface area contributed by atoms with Crippen molar-refractivity contribution in [3.63, 3.8) is 0 Å². The molecule has 0 aliphatic heterocycles. The molecule has 90 valence electrons. The van der Waals surface area contributed by atoms with Crippen molar-refractivity contribution < 1.29 is 4.79 Å². The predicted molar refractivity (Wildman–Crippen MR) is 67.4 cm³/mol. The van der Waals surface area contributed by atoms with Gasteiger partial charge in [-0.15, -0.1) is 0 Å². The first kappa shape index (κ1) is 11.8. The molecule has 1 atom stereocenters. The number of aromatic amines is 1. The van der Waals surface area contributed by atoms with E-state index in [-0.39, 0.29) is 16.4 Å². The first-order valence-corrected chi connectivity index (χ1v) is 6.05. The van der Waals surface area contributed by atoms with Crippen LogP contribution in [0.25, 0.3) is 5.52 Å². The molecule has 2 aromatic heterocycles. The van der Waals surface area contributed by atoms with Crippen LogP contribution in [-0.4, -0.2) is 25.3 Å². The molecule has 2 rings (SSSR count). The Morgan fingerprint density at radius 2 is 2.47 bits per heavy atom. The number of carbonyl (C=O) groups is 1. The van der Waals surface area contributed by atoms with Gasteiger partial charge in [-0.1, -0.05) is 22.9 Å². The lowest BCUT2D eigenvalue weighted by Gasteiger charge is -2.06. The van der Waals surface area contributed by atoms with Crippen LogP contribution in [0.15, 0.2) is 23.3 Å². The average Bonchev–Trinajstić information content (AvgIpc) is 2.73. The summed E-state index contributed by atoms with van der Waals surface area (Å²) in [5, 5.41) is 6.62. The Morgan fingerprint density at radius 1 is 1.71 bits per heavy atom. The number of anilines is 1. The van der Waals surface area contributed by atoms with Crippen LogP contribution in [0.2, 0.25) is 0 Å². The third-order valence-corrected chi connectivity index (χ3v) is 3.41. The fraction of sp³-hybridized carbons (Fsp3) is 0.300. The van der Waals surface area contributed by atoms with Crippen LogP contribution in [-0.2, 0) is 4.79 Å². The van der Waals surface area contributed by atoms with Gasteiger partial charge in [-0.2, -0.15) is 9.61 Å². The quantitative estimate of drug-likeness (QED) is 0.834. The Kier molecular flexibility index (Phi) is 3.28. The number of halogens is 1. The molecular weight excluding hydrogens is 288 g/mol. The zero-order chi connectivity index (χ0) is 12.4. The van der Waals surface area contributed by atoms with Crippen molar-refractivity contribution in [3.8, 4) is 0 Å². The van der Waals surface area contributed by atoms with E-state index in [0.29, 0.717) is 17.6 Å². The fourth-order valence-corrected chi connectivity index (χ4v) is 1.54. The van der Waals surface area contributed by atoms with Crippen molar-refractivity contribution in [2.24, 2.45) is 0 Å². The highest BCUT2D eigenvalue weighted by Gasteiger charge is 2.15. The zero-order valence-electron chi connectivity index (χ0n) is 9.11. The van der Waals surface area contributed by atoms with Gasteiger partial charge in [-0.05, 0) is 12.5 Å². The third-order valence-electron chi connectivity index (χ3n) is 2.35. The molecule has 0 aliphatic carbocycles. The number of carbonyl (C=O) groups excluding carboxylic acids is 1. The van der Waals surface area contributed by atoms with Crippen LogP contribution < -0.4 is 11.0 Å². The molecule has 2 N–H and O–H groups in total. The molecule has 2 aromatic rings. The molecule has 0 aromatic carbocycles. The second-order valence-corrected chi connectivity index (χ2v) is 4.61. The molecule has 2 heterocycles. The second-order valence-electron chi connectivity index (χ2n) is 3.50. The van der Waals surface area contributed by atoms with Crippen molar-refractivity contribution in [2.75, 3.05) is 5.32 Å². The van der Waals surface area contributed by atoms with Crippen molar-refractivity contribution in [1.82, 2.24) is 14.6 Å². The smallest absolute Gasteiger partial charge is 0.322 e. The van der Waals surface area contributed by atoms with Gasteiger partial charge >= 0.3 is 5.69 Å². The molecule has 6 nitrogen and oxygen atoms in total. The molecule has 0 radical (unpaired) electrons. The molecule has 0 aliphatic rings. The number of hydrogen-bond donors (Lipinski definition) is 2. The lowest BCUT2D eigenvalue weighted by molar-refractivity contribution is -0.115. The molecule has 0 fully saturated rings. The maximum Gasteiger partial charge on any atom is 0.346 e. The highest BCUT2D eigenvalue weighted by atomic mass is 79.9. The number of rotatable bonds is 3. The van der Waals surface area contributed by atoms with Gasteiger partial charge in [0, 0.05) is 6.20 Å². The van der Waals surface area contributed by atoms with E-state index in [9.17, 15) is 9.59 Å². The van der Waals surface area contributed by atoms with E-state index >= 15 is 0 Å². The maximum absolute atomic E-state index is 11.7.